The second-order valence-electron chi connectivity index (χ2n) is 3.57. The van der Waals surface area contributed by atoms with Crippen LogP contribution in [0.2, 0.25) is 0 Å². The Balaban J connectivity index is 2.04. The molecule has 17 heavy (non-hydrogen) atoms. The van der Waals surface area contributed by atoms with Gasteiger partial charge in [0.2, 0.25) is 0 Å². The first-order valence-electron chi connectivity index (χ1n) is 5.30. The lowest BCUT2D eigenvalue weighted by Gasteiger charge is -2.08. The van der Waals surface area contributed by atoms with E-state index in [-0.39, 0.29) is 11.6 Å². The number of ether oxygens (including phenoxy) is 2. The maximum atomic E-state index is 13.2. The Bertz CT molecular complexity index is 483. The molecular weight excluding hydrogens is 219 g/mol. The minimum absolute atomic E-state index is 0.190. The summed E-state index contributed by atoms with van der Waals surface area (Å²) < 4.78 is 23.6. The van der Waals surface area contributed by atoms with Crippen LogP contribution in [-0.2, 0) is 6.61 Å². The first-order chi connectivity index (χ1) is 8.29. The van der Waals surface area contributed by atoms with Gasteiger partial charge < -0.3 is 9.47 Å². The van der Waals surface area contributed by atoms with E-state index in [1.165, 1.54) is 19.2 Å². The summed E-state index contributed by atoms with van der Waals surface area (Å²) >= 11 is 0. The number of benzene rings is 2. The molecule has 0 heterocycles. The SMILES string of the molecule is COc1cc(OCc2ccccc2)ccc1F. The van der Waals surface area contributed by atoms with Gasteiger partial charge in [0.25, 0.3) is 0 Å². The van der Waals surface area contributed by atoms with Crippen LogP contribution in [0.4, 0.5) is 4.39 Å². The van der Waals surface area contributed by atoms with E-state index in [2.05, 4.69) is 0 Å². The van der Waals surface area contributed by atoms with Gasteiger partial charge in [-0.15, -0.1) is 0 Å². The van der Waals surface area contributed by atoms with Crippen LogP contribution in [0, 0.1) is 5.82 Å². The van der Waals surface area contributed by atoms with E-state index >= 15 is 0 Å². The fraction of sp³-hybridized carbons (Fsp3) is 0.143. The van der Waals surface area contributed by atoms with Crippen LogP contribution in [0.15, 0.2) is 48.5 Å². The third kappa shape index (κ3) is 2.97. The highest BCUT2D eigenvalue weighted by atomic mass is 19.1. The summed E-state index contributed by atoms with van der Waals surface area (Å²) in [5.74, 6) is 0.391. The quantitative estimate of drug-likeness (QED) is 0.804. The van der Waals surface area contributed by atoms with E-state index in [0.717, 1.165) is 5.56 Å². The molecule has 0 bridgehead atoms. The second-order valence-corrected chi connectivity index (χ2v) is 3.57. The van der Waals surface area contributed by atoms with Crippen LogP contribution < -0.4 is 9.47 Å². The van der Waals surface area contributed by atoms with E-state index in [9.17, 15) is 4.39 Å². The number of rotatable bonds is 4. The third-order valence-corrected chi connectivity index (χ3v) is 2.37. The summed E-state index contributed by atoms with van der Waals surface area (Å²) in [5, 5.41) is 0. The zero-order valence-electron chi connectivity index (χ0n) is 9.52. The Morgan fingerprint density at radius 1 is 1.06 bits per heavy atom. The Morgan fingerprint density at radius 2 is 1.82 bits per heavy atom. The normalized spacial score (nSPS) is 10.0. The summed E-state index contributed by atoms with van der Waals surface area (Å²) in [6.45, 7) is 0.454. The van der Waals surface area contributed by atoms with Gasteiger partial charge >= 0.3 is 0 Å². The van der Waals surface area contributed by atoms with E-state index in [1.807, 2.05) is 30.3 Å². The molecule has 2 aromatic carbocycles. The molecule has 88 valence electrons. The minimum Gasteiger partial charge on any atom is -0.494 e. The summed E-state index contributed by atoms with van der Waals surface area (Å²) in [4.78, 5) is 0. The van der Waals surface area contributed by atoms with Crippen LogP contribution in [0.3, 0.4) is 0 Å². The monoisotopic (exact) mass is 232 g/mol. The molecule has 2 rings (SSSR count). The smallest absolute Gasteiger partial charge is 0.165 e. The fourth-order valence-electron chi connectivity index (χ4n) is 1.47. The van der Waals surface area contributed by atoms with Gasteiger partial charge in [0.15, 0.2) is 11.6 Å². The van der Waals surface area contributed by atoms with Crippen molar-refractivity contribution in [2.24, 2.45) is 0 Å². The molecule has 0 aliphatic heterocycles. The molecule has 2 aromatic rings. The van der Waals surface area contributed by atoms with Gasteiger partial charge in [-0.05, 0) is 17.7 Å². The molecule has 0 radical (unpaired) electrons. The van der Waals surface area contributed by atoms with Gasteiger partial charge in [-0.25, -0.2) is 4.39 Å². The van der Waals surface area contributed by atoms with Gasteiger partial charge in [0.05, 0.1) is 7.11 Å². The number of methoxy groups -OCH3 is 1. The molecule has 0 saturated carbocycles. The molecule has 0 aromatic heterocycles. The molecule has 0 N–H and O–H groups in total. The second kappa shape index (κ2) is 5.34. The van der Waals surface area contributed by atoms with Crippen molar-refractivity contribution < 1.29 is 13.9 Å². The topological polar surface area (TPSA) is 18.5 Å². The van der Waals surface area contributed by atoms with Crippen LogP contribution in [-0.4, -0.2) is 7.11 Å². The minimum atomic E-state index is -0.389. The van der Waals surface area contributed by atoms with E-state index < -0.39 is 0 Å². The molecule has 0 aliphatic rings. The van der Waals surface area contributed by atoms with Gasteiger partial charge in [-0.3, -0.25) is 0 Å². The van der Waals surface area contributed by atoms with Crippen molar-refractivity contribution in [2.75, 3.05) is 7.11 Å². The molecule has 0 fully saturated rings. The summed E-state index contributed by atoms with van der Waals surface area (Å²) in [6.07, 6.45) is 0. The number of hydrogen-bond donors (Lipinski definition) is 0. The lowest BCUT2D eigenvalue weighted by Crippen LogP contribution is -1.96. The number of hydrogen-bond acceptors (Lipinski definition) is 2. The molecule has 0 spiro atoms. The van der Waals surface area contributed by atoms with Crippen molar-refractivity contribution in [3.8, 4) is 11.5 Å². The molecule has 0 saturated heterocycles. The van der Waals surface area contributed by atoms with E-state index in [1.54, 1.807) is 6.07 Å². The van der Waals surface area contributed by atoms with Crippen LogP contribution in [0.25, 0.3) is 0 Å². The van der Waals surface area contributed by atoms with Crippen LogP contribution >= 0.6 is 0 Å². The number of halogens is 1. The van der Waals surface area contributed by atoms with Gasteiger partial charge in [-0.1, -0.05) is 30.3 Å². The first-order valence-corrected chi connectivity index (χ1v) is 5.30. The molecular formula is C14H13FO2. The van der Waals surface area contributed by atoms with Gasteiger partial charge in [0, 0.05) is 6.07 Å². The van der Waals surface area contributed by atoms with Crippen molar-refractivity contribution in [1.29, 1.82) is 0 Å². The van der Waals surface area contributed by atoms with Crippen molar-refractivity contribution in [2.45, 2.75) is 6.61 Å². The largest absolute Gasteiger partial charge is 0.494 e. The predicted molar refractivity (Wildman–Crippen MR) is 63.7 cm³/mol. The van der Waals surface area contributed by atoms with E-state index in [0.29, 0.717) is 12.4 Å². The molecule has 0 amide bonds. The Hall–Kier alpha value is -2.03. The fourth-order valence-corrected chi connectivity index (χ4v) is 1.47. The molecule has 3 heteroatoms. The maximum Gasteiger partial charge on any atom is 0.165 e. The highest BCUT2D eigenvalue weighted by Gasteiger charge is 2.04. The molecule has 2 nitrogen and oxygen atoms in total. The van der Waals surface area contributed by atoms with Crippen molar-refractivity contribution >= 4 is 0 Å². The highest BCUT2D eigenvalue weighted by molar-refractivity contribution is 5.34. The van der Waals surface area contributed by atoms with Crippen molar-refractivity contribution in [3.63, 3.8) is 0 Å². The predicted octanol–water partition coefficient (Wildman–Crippen LogP) is 3.41. The summed E-state index contributed by atoms with van der Waals surface area (Å²) in [5.41, 5.74) is 1.07. The highest BCUT2D eigenvalue weighted by Crippen LogP contribution is 2.23. The van der Waals surface area contributed by atoms with E-state index in [4.69, 9.17) is 9.47 Å². The lowest BCUT2D eigenvalue weighted by molar-refractivity contribution is 0.301. The lowest BCUT2D eigenvalue weighted by atomic mass is 10.2. The van der Waals surface area contributed by atoms with Crippen molar-refractivity contribution in [1.82, 2.24) is 0 Å². The van der Waals surface area contributed by atoms with Gasteiger partial charge in [-0.2, -0.15) is 0 Å². The molecule has 0 atom stereocenters. The molecule has 0 unspecified atom stereocenters. The molecule has 0 aliphatic carbocycles. The van der Waals surface area contributed by atoms with Crippen molar-refractivity contribution in [3.05, 3.63) is 59.9 Å². The van der Waals surface area contributed by atoms with Crippen LogP contribution in [0.1, 0.15) is 5.56 Å². The average molecular weight is 232 g/mol. The average Bonchev–Trinajstić information content (AvgIpc) is 2.39. The first kappa shape index (κ1) is 11.5. The van der Waals surface area contributed by atoms with Crippen LogP contribution in [0.5, 0.6) is 11.5 Å². The zero-order valence-corrected chi connectivity index (χ0v) is 9.52. The Labute approximate surface area is 99.6 Å². The summed E-state index contributed by atoms with van der Waals surface area (Å²) in [6, 6.07) is 14.2. The summed E-state index contributed by atoms with van der Waals surface area (Å²) in [7, 11) is 1.43. The third-order valence-electron chi connectivity index (χ3n) is 2.37. The Kier molecular flexibility index (Phi) is 3.60. The standard InChI is InChI=1S/C14H13FO2/c1-16-14-9-12(7-8-13(14)15)17-10-11-5-3-2-4-6-11/h2-9H,10H2,1H3. The zero-order chi connectivity index (χ0) is 12.1. The Morgan fingerprint density at radius 3 is 2.53 bits per heavy atom. The maximum absolute atomic E-state index is 13.2. The van der Waals surface area contributed by atoms with Gasteiger partial charge in [0.1, 0.15) is 12.4 Å².